The molecule has 0 heterocycles. The third-order valence-corrected chi connectivity index (χ3v) is 4.30. The highest BCUT2D eigenvalue weighted by Gasteiger charge is 2.23. The molecule has 0 aliphatic rings. The predicted octanol–water partition coefficient (Wildman–Crippen LogP) is 1.28. The fourth-order valence-electron chi connectivity index (χ4n) is 1.76. The number of hydrogen-bond acceptors (Lipinski definition) is 5. The average molecular weight is 321 g/mol. The fourth-order valence-corrected chi connectivity index (χ4v) is 2.91. The van der Waals surface area contributed by atoms with E-state index < -0.39 is 26.8 Å². The van der Waals surface area contributed by atoms with E-state index in [0.29, 0.717) is 12.8 Å². The summed E-state index contributed by atoms with van der Waals surface area (Å²) < 4.78 is 50.1. The van der Waals surface area contributed by atoms with Crippen LogP contribution in [0, 0.1) is 5.82 Å². The number of aliphatic hydroxyl groups excluding tert-OH is 1. The van der Waals surface area contributed by atoms with Gasteiger partial charge in [-0.25, -0.2) is 17.5 Å². The molecule has 21 heavy (non-hydrogen) atoms. The minimum Gasteiger partial charge on any atom is -0.493 e. The Balaban J connectivity index is 3.02. The van der Waals surface area contributed by atoms with E-state index in [9.17, 15) is 17.9 Å². The molecular formula is C13H20FNO5S. The first kappa shape index (κ1) is 17.7. The van der Waals surface area contributed by atoms with Crippen LogP contribution in [0.3, 0.4) is 0 Å². The first-order chi connectivity index (χ1) is 9.85. The van der Waals surface area contributed by atoms with Gasteiger partial charge in [0.2, 0.25) is 10.0 Å². The number of halogens is 1. The molecule has 0 fully saturated rings. The van der Waals surface area contributed by atoms with Crippen LogP contribution < -0.4 is 14.2 Å². The predicted molar refractivity (Wildman–Crippen MR) is 75.6 cm³/mol. The number of hydrogen-bond donors (Lipinski definition) is 2. The van der Waals surface area contributed by atoms with Crippen molar-refractivity contribution in [2.75, 3.05) is 20.8 Å². The van der Waals surface area contributed by atoms with Crippen molar-refractivity contribution in [3.05, 3.63) is 17.9 Å². The van der Waals surface area contributed by atoms with Gasteiger partial charge in [0.05, 0.1) is 20.3 Å². The largest absolute Gasteiger partial charge is 0.493 e. The molecule has 1 aromatic carbocycles. The molecule has 120 valence electrons. The van der Waals surface area contributed by atoms with Gasteiger partial charge in [-0.3, -0.25) is 0 Å². The second-order valence-corrected chi connectivity index (χ2v) is 6.17. The van der Waals surface area contributed by atoms with E-state index in [1.54, 1.807) is 0 Å². The number of ether oxygens (including phenoxy) is 2. The zero-order valence-electron chi connectivity index (χ0n) is 12.2. The minimum atomic E-state index is -4.08. The van der Waals surface area contributed by atoms with Crippen molar-refractivity contribution >= 4 is 10.0 Å². The van der Waals surface area contributed by atoms with E-state index in [1.165, 1.54) is 14.2 Å². The molecule has 0 amide bonds. The Hall–Kier alpha value is -1.38. The van der Waals surface area contributed by atoms with Gasteiger partial charge in [0.1, 0.15) is 10.7 Å². The lowest BCUT2D eigenvalue weighted by atomic mass is 10.2. The summed E-state index contributed by atoms with van der Waals surface area (Å²) in [7, 11) is -1.43. The van der Waals surface area contributed by atoms with Gasteiger partial charge >= 0.3 is 0 Å². The number of methoxy groups -OCH3 is 2. The van der Waals surface area contributed by atoms with E-state index in [-0.39, 0.29) is 18.0 Å². The molecule has 6 nitrogen and oxygen atoms in total. The zero-order valence-corrected chi connectivity index (χ0v) is 13.0. The Morgan fingerprint density at radius 2 is 1.86 bits per heavy atom. The topological polar surface area (TPSA) is 84.9 Å². The van der Waals surface area contributed by atoms with Crippen LogP contribution >= 0.6 is 0 Å². The summed E-state index contributed by atoms with van der Waals surface area (Å²) in [6.07, 6.45) is 0.359. The highest BCUT2D eigenvalue weighted by atomic mass is 32.2. The summed E-state index contributed by atoms with van der Waals surface area (Å²) in [5.74, 6) is -0.751. The Kier molecular flexibility index (Phi) is 6.38. The number of nitrogens with one attached hydrogen (secondary N) is 1. The van der Waals surface area contributed by atoms with Gasteiger partial charge in [0, 0.05) is 18.7 Å². The van der Waals surface area contributed by atoms with Gasteiger partial charge in [0.15, 0.2) is 11.5 Å². The zero-order chi connectivity index (χ0) is 16.0. The van der Waals surface area contributed by atoms with Crippen LogP contribution in [0.25, 0.3) is 0 Å². The van der Waals surface area contributed by atoms with Crippen molar-refractivity contribution < 1.29 is 27.4 Å². The van der Waals surface area contributed by atoms with E-state index in [0.717, 1.165) is 12.1 Å². The summed E-state index contributed by atoms with van der Waals surface area (Å²) in [5, 5.41) is 9.55. The van der Waals surface area contributed by atoms with E-state index >= 15 is 0 Å². The van der Waals surface area contributed by atoms with Gasteiger partial charge in [0.25, 0.3) is 0 Å². The van der Waals surface area contributed by atoms with Crippen molar-refractivity contribution in [1.82, 2.24) is 4.72 Å². The summed E-state index contributed by atoms with van der Waals surface area (Å²) in [4.78, 5) is -0.552. The second kappa shape index (κ2) is 7.58. The van der Waals surface area contributed by atoms with Crippen LogP contribution in [-0.4, -0.2) is 40.4 Å². The van der Waals surface area contributed by atoms with Crippen molar-refractivity contribution in [2.24, 2.45) is 0 Å². The van der Waals surface area contributed by atoms with E-state index in [1.807, 2.05) is 6.92 Å². The molecule has 1 atom stereocenters. The average Bonchev–Trinajstić information content (AvgIpc) is 2.45. The van der Waals surface area contributed by atoms with Crippen molar-refractivity contribution in [3.63, 3.8) is 0 Å². The number of aliphatic hydroxyl groups is 1. The highest BCUT2D eigenvalue weighted by molar-refractivity contribution is 7.89. The van der Waals surface area contributed by atoms with Crippen LogP contribution in [0.5, 0.6) is 11.5 Å². The van der Waals surface area contributed by atoms with Crippen LogP contribution in [0.15, 0.2) is 17.0 Å². The molecule has 1 aromatic rings. The molecule has 0 aliphatic carbocycles. The van der Waals surface area contributed by atoms with Gasteiger partial charge < -0.3 is 14.6 Å². The molecule has 0 bridgehead atoms. The standard InChI is InChI=1S/C13H20FNO5S/c1-4-5-9(16)8-15-21(17,18)13-7-12(20-3)11(19-2)6-10(13)14/h6-7,9,15-16H,4-5,8H2,1-3H3. The molecule has 0 radical (unpaired) electrons. The Morgan fingerprint density at radius 3 is 2.38 bits per heavy atom. The SMILES string of the molecule is CCCC(O)CNS(=O)(=O)c1cc(OC)c(OC)cc1F. The van der Waals surface area contributed by atoms with Crippen LogP contribution in [0.2, 0.25) is 0 Å². The molecule has 0 saturated heterocycles. The maximum absolute atomic E-state index is 13.9. The lowest BCUT2D eigenvalue weighted by Gasteiger charge is -2.14. The number of benzene rings is 1. The Labute approximate surface area is 123 Å². The third-order valence-electron chi connectivity index (χ3n) is 2.86. The smallest absolute Gasteiger partial charge is 0.243 e. The van der Waals surface area contributed by atoms with Gasteiger partial charge in [-0.15, -0.1) is 0 Å². The lowest BCUT2D eigenvalue weighted by Crippen LogP contribution is -2.32. The van der Waals surface area contributed by atoms with Gasteiger partial charge in [-0.05, 0) is 6.42 Å². The lowest BCUT2D eigenvalue weighted by molar-refractivity contribution is 0.167. The molecular weight excluding hydrogens is 301 g/mol. The summed E-state index contributed by atoms with van der Waals surface area (Å²) in [6, 6.07) is 1.98. The maximum atomic E-state index is 13.9. The highest BCUT2D eigenvalue weighted by Crippen LogP contribution is 2.31. The normalized spacial score (nSPS) is 13.0. The van der Waals surface area contributed by atoms with Crippen molar-refractivity contribution in [2.45, 2.75) is 30.8 Å². The molecule has 0 aromatic heterocycles. The van der Waals surface area contributed by atoms with Gasteiger partial charge in [-0.1, -0.05) is 13.3 Å². The first-order valence-corrected chi connectivity index (χ1v) is 7.93. The minimum absolute atomic E-state index is 0.0972. The molecule has 1 unspecified atom stereocenters. The molecule has 1 rings (SSSR count). The Morgan fingerprint density at radius 1 is 1.29 bits per heavy atom. The Bertz CT molecular complexity index is 576. The molecule has 0 saturated carbocycles. The summed E-state index contributed by atoms with van der Waals surface area (Å²) in [6.45, 7) is 1.69. The number of rotatable bonds is 8. The maximum Gasteiger partial charge on any atom is 0.243 e. The van der Waals surface area contributed by atoms with Crippen LogP contribution in [-0.2, 0) is 10.0 Å². The molecule has 2 N–H and O–H groups in total. The van der Waals surface area contributed by atoms with Gasteiger partial charge in [-0.2, -0.15) is 0 Å². The van der Waals surface area contributed by atoms with Crippen LogP contribution in [0.4, 0.5) is 4.39 Å². The quantitative estimate of drug-likeness (QED) is 0.753. The first-order valence-electron chi connectivity index (χ1n) is 6.45. The number of sulfonamides is 1. The second-order valence-electron chi connectivity index (χ2n) is 4.43. The van der Waals surface area contributed by atoms with E-state index in [4.69, 9.17) is 9.47 Å². The fraction of sp³-hybridized carbons (Fsp3) is 0.538. The molecule has 0 aliphatic heterocycles. The monoisotopic (exact) mass is 321 g/mol. The van der Waals surface area contributed by atoms with Crippen LogP contribution in [0.1, 0.15) is 19.8 Å². The summed E-state index contributed by atoms with van der Waals surface area (Å²) >= 11 is 0. The summed E-state index contributed by atoms with van der Waals surface area (Å²) in [5.41, 5.74) is 0. The molecule has 8 heteroatoms. The van der Waals surface area contributed by atoms with Crippen molar-refractivity contribution in [1.29, 1.82) is 0 Å². The molecule has 0 spiro atoms. The van der Waals surface area contributed by atoms with E-state index in [2.05, 4.69) is 4.72 Å². The van der Waals surface area contributed by atoms with Crippen molar-refractivity contribution in [3.8, 4) is 11.5 Å². The third kappa shape index (κ3) is 4.55.